The molecule has 0 saturated heterocycles. The number of anilines is 1. The SMILES string of the molecule is CC(C)(C)NC(=O)c1ccccc1NC(=O)[C@@H]1COc2ccccc2O1. The fourth-order valence-corrected chi connectivity index (χ4v) is 2.56. The quantitative estimate of drug-likeness (QED) is 0.888. The van der Waals surface area contributed by atoms with Crippen molar-refractivity contribution in [1.29, 1.82) is 0 Å². The molecule has 136 valence electrons. The van der Waals surface area contributed by atoms with Crippen LogP contribution in [0.1, 0.15) is 31.1 Å². The zero-order valence-corrected chi connectivity index (χ0v) is 15.0. The van der Waals surface area contributed by atoms with E-state index < -0.39 is 6.10 Å². The van der Waals surface area contributed by atoms with Crippen molar-refractivity contribution in [2.45, 2.75) is 32.4 Å². The third kappa shape index (κ3) is 4.14. The monoisotopic (exact) mass is 354 g/mol. The number of carbonyl (C=O) groups is 2. The Labute approximate surface area is 152 Å². The Morgan fingerprint density at radius 2 is 1.65 bits per heavy atom. The van der Waals surface area contributed by atoms with E-state index in [1.807, 2.05) is 32.9 Å². The Bertz CT molecular complexity index is 827. The zero-order valence-electron chi connectivity index (χ0n) is 15.0. The minimum atomic E-state index is -0.788. The molecule has 1 atom stereocenters. The molecule has 2 aromatic rings. The summed E-state index contributed by atoms with van der Waals surface area (Å²) in [6.07, 6.45) is -0.788. The second kappa shape index (κ2) is 7.07. The molecular weight excluding hydrogens is 332 g/mol. The van der Waals surface area contributed by atoms with Gasteiger partial charge in [-0.25, -0.2) is 0 Å². The van der Waals surface area contributed by atoms with Gasteiger partial charge in [0.2, 0.25) is 6.10 Å². The van der Waals surface area contributed by atoms with Crippen molar-refractivity contribution >= 4 is 17.5 Å². The number of para-hydroxylation sites is 3. The summed E-state index contributed by atoms with van der Waals surface area (Å²) < 4.78 is 11.3. The van der Waals surface area contributed by atoms with E-state index in [0.717, 1.165) is 0 Å². The first-order chi connectivity index (χ1) is 12.3. The van der Waals surface area contributed by atoms with Crippen LogP contribution in [0.3, 0.4) is 0 Å². The molecule has 1 aliphatic heterocycles. The van der Waals surface area contributed by atoms with Crippen LogP contribution in [0, 0.1) is 0 Å². The molecule has 26 heavy (non-hydrogen) atoms. The van der Waals surface area contributed by atoms with Gasteiger partial charge in [-0.2, -0.15) is 0 Å². The van der Waals surface area contributed by atoms with Gasteiger partial charge in [-0.05, 0) is 45.0 Å². The van der Waals surface area contributed by atoms with Crippen LogP contribution in [-0.4, -0.2) is 30.1 Å². The van der Waals surface area contributed by atoms with Crippen LogP contribution in [0.2, 0.25) is 0 Å². The Hall–Kier alpha value is -3.02. The maximum atomic E-state index is 12.6. The molecule has 6 heteroatoms. The minimum Gasteiger partial charge on any atom is -0.485 e. The first kappa shape index (κ1) is 17.8. The standard InChI is InChI=1S/C20H22N2O4/c1-20(2,3)22-18(23)13-8-4-5-9-14(13)21-19(24)17-12-25-15-10-6-7-11-16(15)26-17/h4-11,17H,12H2,1-3H3,(H,21,24)(H,22,23)/t17-/m0/s1. The molecule has 0 fully saturated rings. The van der Waals surface area contributed by atoms with E-state index >= 15 is 0 Å². The molecule has 1 aliphatic rings. The molecule has 0 bridgehead atoms. The lowest BCUT2D eigenvalue weighted by molar-refractivity contribution is -0.125. The number of carbonyl (C=O) groups excluding carboxylic acids is 2. The summed E-state index contributed by atoms with van der Waals surface area (Å²) in [5, 5.41) is 5.67. The number of nitrogens with one attached hydrogen (secondary N) is 2. The molecule has 0 aliphatic carbocycles. The number of rotatable bonds is 3. The van der Waals surface area contributed by atoms with Crippen molar-refractivity contribution in [3.05, 3.63) is 54.1 Å². The molecule has 1 heterocycles. The van der Waals surface area contributed by atoms with Gasteiger partial charge < -0.3 is 20.1 Å². The molecule has 0 spiro atoms. The second-order valence-corrected chi connectivity index (χ2v) is 7.10. The predicted molar refractivity (Wildman–Crippen MR) is 98.6 cm³/mol. The van der Waals surface area contributed by atoms with Crippen LogP contribution in [0.5, 0.6) is 11.5 Å². The van der Waals surface area contributed by atoms with Gasteiger partial charge in [0, 0.05) is 5.54 Å². The van der Waals surface area contributed by atoms with Crippen molar-refractivity contribution in [3.8, 4) is 11.5 Å². The van der Waals surface area contributed by atoms with Crippen LogP contribution < -0.4 is 20.1 Å². The summed E-state index contributed by atoms with van der Waals surface area (Å²) >= 11 is 0. The fourth-order valence-electron chi connectivity index (χ4n) is 2.56. The molecule has 0 unspecified atom stereocenters. The largest absolute Gasteiger partial charge is 0.485 e. The predicted octanol–water partition coefficient (Wildman–Crippen LogP) is 2.99. The van der Waals surface area contributed by atoms with Gasteiger partial charge in [0.1, 0.15) is 6.61 Å². The number of ether oxygens (including phenoxy) is 2. The van der Waals surface area contributed by atoms with Crippen molar-refractivity contribution in [3.63, 3.8) is 0 Å². The molecule has 6 nitrogen and oxygen atoms in total. The van der Waals surface area contributed by atoms with Gasteiger partial charge in [0.05, 0.1) is 11.3 Å². The van der Waals surface area contributed by atoms with Crippen LogP contribution >= 0.6 is 0 Å². The first-order valence-corrected chi connectivity index (χ1v) is 8.44. The van der Waals surface area contributed by atoms with Crippen molar-refractivity contribution in [2.75, 3.05) is 11.9 Å². The summed E-state index contributed by atoms with van der Waals surface area (Å²) in [5.74, 6) is 0.522. The maximum absolute atomic E-state index is 12.6. The van der Waals surface area contributed by atoms with E-state index in [1.165, 1.54) is 0 Å². The van der Waals surface area contributed by atoms with Gasteiger partial charge in [-0.15, -0.1) is 0 Å². The topological polar surface area (TPSA) is 76.7 Å². The van der Waals surface area contributed by atoms with E-state index in [0.29, 0.717) is 22.7 Å². The molecule has 0 radical (unpaired) electrons. The minimum absolute atomic E-state index is 0.110. The summed E-state index contributed by atoms with van der Waals surface area (Å²) in [5.41, 5.74) is 0.452. The zero-order chi connectivity index (χ0) is 18.7. The Kier molecular flexibility index (Phi) is 4.84. The molecule has 0 saturated carbocycles. The lowest BCUT2D eigenvalue weighted by atomic mass is 10.1. The lowest BCUT2D eigenvalue weighted by Crippen LogP contribution is -2.42. The van der Waals surface area contributed by atoms with Gasteiger partial charge in [-0.1, -0.05) is 24.3 Å². The van der Waals surface area contributed by atoms with E-state index in [2.05, 4.69) is 10.6 Å². The third-order valence-corrected chi connectivity index (χ3v) is 3.72. The lowest BCUT2D eigenvalue weighted by Gasteiger charge is -2.26. The Morgan fingerprint density at radius 1 is 1.00 bits per heavy atom. The van der Waals surface area contributed by atoms with Crippen molar-refractivity contribution < 1.29 is 19.1 Å². The highest BCUT2D eigenvalue weighted by molar-refractivity contribution is 6.05. The summed E-state index contributed by atoms with van der Waals surface area (Å²) in [7, 11) is 0. The summed E-state index contributed by atoms with van der Waals surface area (Å²) in [4.78, 5) is 25.1. The summed E-state index contributed by atoms with van der Waals surface area (Å²) in [6, 6.07) is 14.1. The number of hydrogen-bond donors (Lipinski definition) is 2. The third-order valence-electron chi connectivity index (χ3n) is 3.72. The van der Waals surface area contributed by atoms with Crippen LogP contribution in [0.15, 0.2) is 48.5 Å². The highest BCUT2D eigenvalue weighted by atomic mass is 16.6. The molecule has 2 N–H and O–H groups in total. The number of benzene rings is 2. The first-order valence-electron chi connectivity index (χ1n) is 8.44. The van der Waals surface area contributed by atoms with Gasteiger partial charge in [0.15, 0.2) is 11.5 Å². The normalized spacial score (nSPS) is 15.9. The van der Waals surface area contributed by atoms with Crippen LogP contribution in [0.4, 0.5) is 5.69 Å². The summed E-state index contributed by atoms with van der Waals surface area (Å²) in [6.45, 7) is 5.81. The van der Waals surface area contributed by atoms with E-state index in [9.17, 15) is 9.59 Å². The van der Waals surface area contributed by atoms with E-state index in [1.54, 1.807) is 36.4 Å². The van der Waals surface area contributed by atoms with Gasteiger partial charge in [0.25, 0.3) is 11.8 Å². The average molecular weight is 354 g/mol. The molecular formula is C20H22N2O4. The Balaban J connectivity index is 1.73. The Morgan fingerprint density at radius 3 is 2.38 bits per heavy atom. The molecule has 3 rings (SSSR count). The number of hydrogen-bond acceptors (Lipinski definition) is 4. The van der Waals surface area contributed by atoms with Crippen LogP contribution in [-0.2, 0) is 4.79 Å². The van der Waals surface area contributed by atoms with E-state index in [-0.39, 0.29) is 24.0 Å². The van der Waals surface area contributed by atoms with Crippen molar-refractivity contribution in [1.82, 2.24) is 5.32 Å². The second-order valence-electron chi connectivity index (χ2n) is 7.10. The highest BCUT2D eigenvalue weighted by Crippen LogP contribution is 2.31. The van der Waals surface area contributed by atoms with Gasteiger partial charge >= 0.3 is 0 Å². The molecule has 0 aromatic heterocycles. The fraction of sp³-hybridized carbons (Fsp3) is 0.300. The smallest absolute Gasteiger partial charge is 0.269 e. The maximum Gasteiger partial charge on any atom is 0.269 e. The van der Waals surface area contributed by atoms with E-state index in [4.69, 9.17) is 9.47 Å². The highest BCUT2D eigenvalue weighted by Gasteiger charge is 2.28. The average Bonchev–Trinajstić information content (AvgIpc) is 2.60. The number of amides is 2. The molecule has 2 amide bonds. The van der Waals surface area contributed by atoms with Gasteiger partial charge in [-0.3, -0.25) is 9.59 Å². The molecule has 2 aromatic carbocycles. The van der Waals surface area contributed by atoms with Crippen molar-refractivity contribution in [2.24, 2.45) is 0 Å². The van der Waals surface area contributed by atoms with Crippen LogP contribution in [0.25, 0.3) is 0 Å². The number of fused-ring (bicyclic) bond motifs is 1.